The molecule has 1 aliphatic rings. The fourth-order valence-electron chi connectivity index (χ4n) is 2.97. The number of nitrogens with zero attached hydrogens (tertiary/aromatic N) is 1. The number of hydrogen-bond donors (Lipinski definition) is 2. The molecule has 0 radical (unpaired) electrons. The van der Waals surface area contributed by atoms with Gasteiger partial charge in [-0.2, -0.15) is 0 Å². The third-order valence-electron chi connectivity index (χ3n) is 3.84. The molecule has 0 spiro atoms. The summed E-state index contributed by atoms with van der Waals surface area (Å²) < 4.78 is 4.99. The van der Waals surface area contributed by atoms with Crippen molar-refractivity contribution in [3.8, 4) is 0 Å². The summed E-state index contributed by atoms with van der Waals surface area (Å²) in [7, 11) is 0. The Labute approximate surface area is 126 Å². The zero-order chi connectivity index (χ0) is 15.1. The van der Waals surface area contributed by atoms with E-state index in [2.05, 4.69) is 34.5 Å². The molecule has 1 saturated heterocycles. The lowest BCUT2D eigenvalue weighted by molar-refractivity contribution is 0.130. The van der Waals surface area contributed by atoms with E-state index in [-0.39, 0.29) is 12.1 Å². The highest BCUT2D eigenvalue weighted by molar-refractivity contribution is 5.67. The van der Waals surface area contributed by atoms with Crippen molar-refractivity contribution in [2.75, 3.05) is 32.8 Å². The lowest BCUT2D eigenvalue weighted by Crippen LogP contribution is -2.51. The lowest BCUT2D eigenvalue weighted by Gasteiger charge is -2.38. The van der Waals surface area contributed by atoms with Crippen LogP contribution in [0.5, 0.6) is 0 Å². The van der Waals surface area contributed by atoms with Crippen LogP contribution in [-0.4, -0.2) is 49.8 Å². The Balaban J connectivity index is 2.03. The molecule has 5 heteroatoms. The van der Waals surface area contributed by atoms with Crippen LogP contribution in [0.3, 0.4) is 0 Å². The van der Waals surface area contributed by atoms with E-state index in [9.17, 15) is 4.79 Å². The monoisotopic (exact) mass is 291 g/mol. The van der Waals surface area contributed by atoms with E-state index in [1.165, 1.54) is 5.56 Å². The van der Waals surface area contributed by atoms with Gasteiger partial charge in [0.2, 0.25) is 0 Å². The molecule has 1 amide bonds. The summed E-state index contributed by atoms with van der Waals surface area (Å²) in [4.78, 5) is 14.0. The number of amides is 1. The Hall–Kier alpha value is -1.59. The minimum atomic E-state index is -0.330. The van der Waals surface area contributed by atoms with Crippen LogP contribution in [0.25, 0.3) is 0 Å². The summed E-state index contributed by atoms with van der Waals surface area (Å²) in [5.41, 5.74) is 7.00. The molecule has 0 bridgehead atoms. The van der Waals surface area contributed by atoms with E-state index in [1.807, 2.05) is 13.0 Å². The van der Waals surface area contributed by atoms with Crippen LogP contribution in [0.15, 0.2) is 30.3 Å². The first-order chi connectivity index (χ1) is 10.2. The molecule has 1 aromatic carbocycles. The molecule has 0 saturated carbocycles. The van der Waals surface area contributed by atoms with Gasteiger partial charge in [0.15, 0.2) is 0 Å². The van der Waals surface area contributed by atoms with Gasteiger partial charge in [-0.25, -0.2) is 4.79 Å². The van der Waals surface area contributed by atoms with Crippen LogP contribution >= 0.6 is 0 Å². The Kier molecular flexibility index (Phi) is 6.02. The van der Waals surface area contributed by atoms with Gasteiger partial charge in [0.05, 0.1) is 6.61 Å². The Morgan fingerprint density at radius 1 is 1.38 bits per heavy atom. The highest BCUT2D eigenvalue weighted by Gasteiger charge is 2.28. The van der Waals surface area contributed by atoms with Crippen LogP contribution in [-0.2, 0) is 4.74 Å². The molecule has 116 valence electrons. The first kappa shape index (κ1) is 15.8. The average Bonchev–Trinajstić information content (AvgIpc) is 2.48. The Morgan fingerprint density at radius 2 is 2.14 bits per heavy atom. The molecule has 0 aliphatic carbocycles. The number of benzene rings is 1. The van der Waals surface area contributed by atoms with Gasteiger partial charge in [-0.05, 0) is 24.8 Å². The topological polar surface area (TPSA) is 67.6 Å². The number of rotatable bonds is 5. The van der Waals surface area contributed by atoms with Gasteiger partial charge in [0.25, 0.3) is 0 Å². The number of carbonyl (C=O) groups is 1. The highest BCUT2D eigenvalue weighted by Crippen LogP contribution is 2.26. The molecular weight excluding hydrogens is 266 g/mol. The molecule has 2 atom stereocenters. The Morgan fingerprint density at radius 3 is 2.81 bits per heavy atom. The summed E-state index contributed by atoms with van der Waals surface area (Å²) >= 11 is 0. The van der Waals surface area contributed by atoms with Crippen LogP contribution < -0.4 is 11.1 Å². The molecule has 2 rings (SSSR count). The van der Waals surface area contributed by atoms with Crippen LogP contribution in [0, 0.1) is 0 Å². The summed E-state index contributed by atoms with van der Waals surface area (Å²) in [5, 5.41) is 2.96. The van der Waals surface area contributed by atoms with Crippen molar-refractivity contribution in [2.24, 2.45) is 5.73 Å². The maximum atomic E-state index is 11.6. The maximum absolute atomic E-state index is 11.6. The molecule has 3 N–H and O–H groups in total. The van der Waals surface area contributed by atoms with Gasteiger partial charge in [-0.3, -0.25) is 4.90 Å². The van der Waals surface area contributed by atoms with Crippen molar-refractivity contribution in [3.05, 3.63) is 35.9 Å². The number of piperidine rings is 1. The van der Waals surface area contributed by atoms with E-state index in [0.717, 1.165) is 26.1 Å². The number of nitrogens with two attached hydrogens (primary N) is 1. The predicted molar refractivity (Wildman–Crippen MR) is 83.2 cm³/mol. The summed E-state index contributed by atoms with van der Waals surface area (Å²) in [6, 6.07) is 10.6. The van der Waals surface area contributed by atoms with Crippen LogP contribution in [0.2, 0.25) is 0 Å². The summed E-state index contributed by atoms with van der Waals surface area (Å²) in [6.45, 7) is 5.51. The van der Waals surface area contributed by atoms with E-state index in [0.29, 0.717) is 19.1 Å². The normalized spacial score (nSPS) is 22.8. The van der Waals surface area contributed by atoms with Crippen molar-refractivity contribution in [1.29, 1.82) is 0 Å². The van der Waals surface area contributed by atoms with Crippen molar-refractivity contribution in [2.45, 2.75) is 25.3 Å². The third-order valence-corrected chi connectivity index (χ3v) is 3.84. The molecule has 1 aromatic rings. The van der Waals surface area contributed by atoms with Gasteiger partial charge >= 0.3 is 6.09 Å². The number of hydrogen-bond acceptors (Lipinski definition) is 4. The first-order valence-corrected chi connectivity index (χ1v) is 7.63. The summed E-state index contributed by atoms with van der Waals surface area (Å²) in [5.74, 6) is 0.415. The zero-order valence-corrected chi connectivity index (χ0v) is 12.6. The molecule has 2 unspecified atom stereocenters. The molecule has 1 heterocycles. The van der Waals surface area contributed by atoms with E-state index >= 15 is 0 Å². The third kappa shape index (κ3) is 4.72. The van der Waals surface area contributed by atoms with E-state index in [4.69, 9.17) is 10.5 Å². The lowest BCUT2D eigenvalue weighted by atomic mass is 9.88. The van der Waals surface area contributed by atoms with Gasteiger partial charge in [0.1, 0.15) is 0 Å². The molecular formula is C16H25N3O2. The SMILES string of the molecule is CCOC(=O)NC1CC(c2ccccc2)CN(CCN)C1. The predicted octanol–water partition coefficient (Wildman–Crippen LogP) is 1.55. The first-order valence-electron chi connectivity index (χ1n) is 7.63. The summed E-state index contributed by atoms with van der Waals surface area (Å²) in [6.07, 6.45) is 0.605. The smallest absolute Gasteiger partial charge is 0.407 e. The minimum Gasteiger partial charge on any atom is -0.450 e. The standard InChI is InChI=1S/C16H25N3O2/c1-2-21-16(20)18-15-10-14(11-19(12-15)9-8-17)13-6-4-3-5-7-13/h3-7,14-15H,2,8-12,17H2,1H3,(H,18,20). The Bertz CT molecular complexity index is 438. The fraction of sp³-hybridized carbons (Fsp3) is 0.562. The second kappa shape index (κ2) is 8.00. The highest BCUT2D eigenvalue weighted by atomic mass is 16.5. The number of carbonyl (C=O) groups excluding carboxylic acids is 1. The largest absolute Gasteiger partial charge is 0.450 e. The zero-order valence-electron chi connectivity index (χ0n) is 12.6. The van der Waals surface area contributed by atoms with Crippen molar-refractivity contribution in [3.63, 3.8) is 0 Å². The van der Waals surface area contributed by atoms with Gasteiger partial charge in [-0.15, -0.1) is 0 Å². The molecule has 1 aliphatic heterocycles. The molecule has 21 heavy (non-hydrogen) atoms. The van der Waals surface area contributed by atoms with E-state index < -0.39 is 0 Å². The molecule has 5 nitrogen and oxygen atoms in total. The van der Waals surface area contributed by atoms with Gasteiger partial charge in [-0.1, -0.05) is 30.3 Å². The fourth-order valence-corrected chi connectivity index (χ4v) is 2.97. The molecule has 0 aromatic heterocycles. The number of nitrogens with one attached hydrogen (secondary N) is 1. The van der Waals surface area contributed by atoms with Crippen molar-refractivity contribution in [1.82, 2.24) is 10.2 Å². The second-order valence-corrected chi connectivity index (χ2v) is 5.45. The second-order valence-electron chi connectivity index (χ2n) is 5.45. The van der Waals surface area contributed by atoms with Crippen LogP contribution in [0.1, 0.15) is 24.8 Å². The van der Waals surface area contributed by atoms with Crippen molar-refractivity contribution < 1.29 is 9.53 Å². The maximum Gasteiger partial charge on any atom is 0.407 e. The van der Waals surface area contributed by atoms with Crippen molar-refractivity contribution >= 4 is 6.09 Å². The quantitative estimate of drug-likeness (QED) is 0.864. The number of likely N-dealkylation sites (tertiary alicyclic amines) is 1. The van der Waals surface area contributed by atoms with Crippen LogP contribution in [0.4, 0.5) is 4.79 Å². The minimum absolute atomic E-state index is 0.106. The average molecular weight is 291 g/mol. The number of ether oxygens (including phenoxy) is 1. The number of alkyl carbamates (subject to hydrolysis) is 1. The van der Waals surface area contributed by atoms with Gasteiger partial charge in [0, 0.05) is 32.2 Å². The van der Waals surface area contributed by atoms with E-state index in [1.54, 1.807) is 0 Å². The van der Waals surface area contributed by atoms with Gasteiger partial charge < -0.3 is 15.8 Å². The molecule has 1 fully saturated rings.